The number of rotatable bonds is 3. The number of carbonyl (C=O) groups excluding carboxylic acids is 2. The Morgan fingerprint density at radius 2 is 1.80 bits per heavy atom. The second-order valence-corrected chi connectivity index (χ2v) is 7.93. The number of sulfone groups is 1. The molecule has 2 N–H and O–H groups in total. The summed E-state index contributed by atoms with van der Waals surface area (Å²) in [5.41, 5.74) is 1.69. The topological polar surface area (TPSA) is 92.3 Å². The molecule has 8 heteroatoms. The van der Waals surface area contributed by atoms with E-state index in [1.165, 1.54) is 0 Å². The molecule has 1 atom stereocenters. The van der Waals surface area contributed by atoms with E-state index in [0.717, 1.165) is 6.26 Å². The van der Waals surface area contributed by atoms with Crippen molar-refractivity contribution in [3.05, 3.63) is 23.8 Å². The molecule has 0 aliphatic carbocycles. The van der Waals surface area contributed by atoms with Crippen molar-refractivity contribution in [1.29, 1.82) is 0 Å². The van der Waals surface area contributed by atoms with Gasteiger partial charge >= 0.3 is 0 Å². The Labute approximate surface area is 125 Å². The Balaban J connectivity index is 2.31. The first kappa shape index (κ1) is 15.0. The lowest BCUT2D eigenvalue weighted by Crippen LogP contribution is -2.16. The summed E-state index contributed by atoms with van der Waals surface area (Å²) in [5, 5.41) is 5.23. The normalized spacial score (nSPS) is 16.7. The van der Waals surface area contributed by atoms with Crippen molar-refractivity contribution in [1.82, 2.24) is 0 Å². The molecule has 0 saturated carbocycles. The summed E-state index contributed by atoms with van der Waals surface area (Å²) in [5.74, 6) is -0.820. The van der Waals surface area contributed by atoms with Gasteiger partial charge in [0.15, 0.2) is 0 Å². The third-order valence-corrected chi connectivity index (χ3v) is 4.94. The number of benzene rings is 1. The molecule has 1 aliphatic rings. The third kappa shape index (κ3) is 3.80. The highest BCUT2D eigenvalue weighted by atomic mass is 79.9. The van der Waals surface area contributed by atoms with Gasteiger partial charge in [0.05, 0.1) is 22.0 Å². The molecule has 1 unspecified atom stereocenters. The second kappa shape index (κ2) is 5.53. The molecule has 20 heavy (non-hydrogen) atoms. The van der Waals surface area contributed by atoms with Crippen LogP contribution in [0.5, 0.6) is 0 Å². The maximum absolute atomic E-state index is 11.5. The van der Waals surface area contributed by atoms with Crippen LogP contribution in [0, 0.1) is 0 Å². The van der Waals surface area contributed by atoms with Gasteiger partial charge < -0.3 is 10.6 Å². The number of nitrogens with one attached hydrogen (secondary N) is 2. The summed E-state index contributed by atoms with van der Waals surface area (Å²) in [6, 6.07) is 5.01. The maximum atomic E-state index is 11.5. The van der Waals surface area contributed by atoms with E-state index < -0.39 is 15.7 Å². The molecule has 6 nitrogen and oxygen atoms in total. The minimum Gasteiger partial charge on any atom is -0.324 e. The van der Waals surface area contributed by atoms with Crippen molar-refractivity contribution in [2.24, 2.45) is 0 Å². The highest BCUT2D eigenvalue weighted by molar-refractivity contribution is 9.09. The molecule has 1 aromatic carbocycles. The summed E-state index contributed by atoms with van der Waals surface area (Å²) < 4.78 is 22.6. The molecule has 0 fully saturated rings. The van der Waals surface area contributed by atoms with Crippen LogP contribution in [0.15, 0.2) is 18.2 Å². The van der Waals surface area contributed by atoms with Gasteiger partial charge in [-0.3, -0.25) is 9.59 Å². The molecule has 2 rings (SSSR count). The number of amides is 2. The highest BCUT2D eigenvalue weighted by Crippen LogP contribution is 2.32. The van der Waals surface area contributed by atoms with E-state index in [1.54, 1.807) is 18.2 Å². The van der Waals surface area contributed by atoms with Crippen LogP contribution in [-0.2, 0) is 19.4 Å². The summed E-state index contributed by atoms with van der Waals surface area (Å²) in [7, 11) is -3.12. The molecule has 1 heterocycles. The van der Waals surface area contributed by atoms with E-state index in [1.807, 2.05) is 0 Å². The maximum Gasteiger partial charge on any atom is 0.233 e. The zero-order chi connectivity index (χ0) is 14.9. The molecule has 0 bridgehead atoms. The Morgan fingerprint density at radius 3 is 2.40 bits per heavy atom. The van der Waals surface area contributed by atoms with E-state index in [2.05, 4.69) is 26.6 Å². The summed E-state index contributed by atoms with van der Waals surface area (Å²) in [6.07, 6.45) is 0.928. The van der Waals surface area contributed by atoms with Gasteiger partial charge in [-0.05, 0) is 17.7 Å². The fraction of sp³-hybridized carbons (Fsp3) is 0.333. The van der Waals surface area contributed by atoms with Gasteiger partial charge in [-0.2, -0.15) is 0 Å². The van der Waals surface area contributed by atoms with Gasteiger partial charge in [-0.15, -0.1) is 0 Å². The van der Waals surface area contributed by atoms with Gasteiger partial charge in [0, 0.05) is 6.26 Å². The van der Waals surface area contributed by atoms with Gasteiger partial charge in [0.1, 0.15) is 16.3 Å². The van der Waals surface area contributed by atoms with Crippen molar-refractivity contribution in [2.75, 3.05) is 22.6 Å². The monoisotopic (exact) mass is 360 g/mol. The van der Waals surface area contributed by atoms with Crippen LogP contribution in [0.4, 0.5) is 11.4 Å². The number of hydrogen-bond donors (Lipinski definition) is 2. The first-order chi connectivity index (χ1) is 9.24. The van der Waals surface area contributed by atoms with E-state index in [9.17, 15) is 18.0 Å². The minimum absolute atomic E-state index is 0.0495. The van der Waals surface area contributed by atoms with Crippen LogP contribution in [0.3, 0.4) is 0 Å². The quantitative estimate of drug-likeness (QED) is 0.630. The smallest absolute Gasteiger partial charge is 0.233 e. The summed E-state index contributed by atoms with van der Waals surface area (Å²) >= 11 is 3.32. The largest absolute Gasteiger partial charge is 0.324 e. The zero-order valence-electron chi connectivity index (χ0n) is 10.6. The van der Waals surface area contributed by atoms with Gasteiger partial charge in [0.2, 0.25) is 11.8 Å². The number of fused-ring (bicyclic) bond motifs is 1. The molecular weight excluding hydrogens is 348 g/mol. The fourth-order valence-corrected chi connectivity index (χ4v) is 4.32. The molecule has 0 saturated heterocycles. The predicted octanol–water partition coefficient (Wildman–Crippen LogP) is 1.45. The van der Waals surface area contributed by atoms with E-state index in [4.69, 9.17) is 0 Å². The van der Waals surface area contributed by atoms with Crippen molar-refractivity contribution >= 4 is 49.0 Å². The van der Waals surface area contributed by atoms with Crippen molar-refractivity contribution < 1.29 is 18.0 Å². The molecule has 0 radical (unpaired) electrons. The van der Waals surface area contributed by atoms with Crippen molar-refractivity contribution in [2.45, 2.75) is 11.2 Å². The first-order valence-corrected chi connectivity index (χ1v) is 8.77. The van der Waals surface area contributed by atoms with Crippen LogP contribution >= 0.6 is 15.9 Å². The lowest BCUT2D eigenvalue weighted by molar-refractivity contribution is -0.123. The van der Waals surface area contributed by atoms with E-state index >= 15 is 0 Å². The van der Waals surface area contributed by atoms with Crippen molar-refractivity contribution in [3.63, 3.8) is 0 Å². The lowest BCUT2D eigenvalue weighted by Gasteiger charge is -2.13. The fourth-order valence-electron chi connectivity index (χ4n) is 1.87. The Bertz CT molecular complexity index is 672. The van der Waals surface area contributed by atoms with Crippen molar-refractivity contribution in [3.8, 4) is 0 Å². The first-order valence-electron chi connectivity index (χ1n) is 5.80. The standard InChI is InChI=1S/C12H13BrN2O4S/c1-20(18,19)6-8(13)7-2-3-9-10(4-7)15-12(17)5-11(16)14-9/h2-4,8H,5-6H2,1H3,(H,14,16)(H,15,17). The Kier molecular flexibility index (Phi) is 4.14. The summed E-state index contributed by atoms with van der Waals surface area (Å²) in [6.45, 7) is 0. The zero-order valence-corrected chi connectivity index (χ0v) is 13.0. The molecule has 108 valence electrons. The summed E-state index contributed by atoms with van der Waals surface area (Å²) in [4.78, 5) is 22.5. The lowest BCUT2D eigenvalue weighted by atomic mass is 10.1. The van der Waals surface area contributed by atoms with E-state index in [0.29, 0.717) is 16.9 Å². The number of alkyl halides is 1. The average Bonchev–Trinajstić information content (AvgIpc) is 2.42. The second-order valence-electron chi connectivity index (χ2n) is 4.64. The van der Waals surface area contributed by atoms with Crippen LogP contribution in [0.1, 0.15) is 16.8 Å². The van der Waals surface area contributed by atoms with Crippen LogP contribution in [0.25, 0.3) is 0 Å². The third-order valence-electron chi connectivity index (χ3n) is 2.72. The molecule has 1 aliphatic heterocycles. The Hall–Kier alpha value is -1.41. The highest BCUT2D eigenvalue weighted by Gasteiger charge is 2.20. The number of halogens is 1. The van der Waals surface area contributed by atoms with Gasteiger partial charge in [-0.1, -0.05) is 22.0 Å². The molecular formula is C12H13BrN2O4S. The van der Waals surface area contributed by atoms with E-state index in [-0.39, 0.29) is 22.9 Å². The number of hydrogen-bond acceptors (Lipinski definition) is 4. The van der Waals surface area contributed by atoms with Crippen LogP contribution < -0.4 is 10.6 Å². The Morgan fingerprint density at radius 1 is 1.20 bits per heavy atom. The van der Waals surface area contributed by atoms with Crippen LogP contribution in [-0.4, -0.2) is 32.2 Å². The SMILES string of the molecule is CS(=O)(=O)CC(Br)c1ccc2c(c1)NC(=O)CC(=O)N2. The molecule has 1 aromatic rings. The molecule has 0 spiro atoms. The number of carbonyl (C=O) groups is 2. The van der Waals surface area contributed by atoms with Gasteiger partial charge in [-0.25, -0.2) is 8.42 Å². The number of anilines is 2. The van der Waals surface area contributed by atoms with Crippen LogP contribution in [0.2, 0.25) is 0 Å². The minimum atomic E-state index is -3.12. The molecule has 0 aromatic heterocycles. The molecule has 2 amide bonds. The predicted molar refractivity (Wildman–Crippen MR) is 79.7 cm³/mol. The van der Waals surface area contributed by atoms with Gasteiger partial charge in [0.25, 0.3) is 0 Å². The average molecular weight is 361 g/mol.